The van der Waals surface area contributed by atoms with Crippen LogP contribution in [-0.2, 0) is 0 Å². The number of aromatic amines is 3. The van der Waals surface area contributed by atoms with Gasteiger partial charge >= 0.3 is 5.69 Å². The summed E-state index contributed by atoms with van der Waals surface area (Å²) < 4.78 is 16.3. The molecule has 0 bridgehead atoms. The predicted octanol–water partition coefficient (Wildman–Crippen LogP) is 1.40. The predicted molar refractivity (Wildman–Crippen MR) is 91.6 cm³/mol. The highest BCUT2D eigenvalue weighted by Gasteiger charge is 2.36. The summed E-state index contributed by atoms with van der Waals surface area (Å²) in [6, 6.07) is 5.39. The molecule has 26 heavy (non-hydrogen) atoms. The second kappa shape index (κ2) is 5.80. The number of nitrogens with one attached hydrogen (secondary N) is 3. The van der Waals surface area contributed by atoms with E-state index in [2.05, 4.69) is 20.2 Å². The van der Waals surface area contributed by atoms with Gasteiger partial charge in [-0.25, -0.2) is 4.79 Å². The van der Waals surface area contributed by atoms with Gasteiger partial charge in [-0.1, -0.05) is 6.07 Å². The second-order valence-electron chi connectivity index (χ2n) is 5.87. The lowest BCUT2D eigenvalue weighted by Crippen LogP contribution is -2.30. The van der Waals surface area contributed by atoms with Crippen LogP contribution in [-0.4, -0.2) is 34.4 Å². The summed E-state index contributed by atoms with van der Waals surface area (Å²) in [6.07, 6.45) is 0. The van der Waals surface area contributed by atoms with E-state index < -0.39 is 17.2 Å². The van der Waals surface area contributed by atoms with Crippen LogP contribution in [0, 0.1) is 6.92 Å². The van der Waals surface area contributed by atoms with Crippen molar-refractivity contribution < 1.29 is 14.2 Å². The number of aromatic nitrogens is 4. The number of ether oxygens (including phenoxy) is 3. The number of fused-ring (bicyclic) bond motifs is 2. The van der Waals surface area contributed by atoms with E-state index in [9.17, 15) is 9.59 Å². The largest absolute Gasteiger partial charge is 0.493 e. The fraction of sp³-hybridized carbons (Fsp3) is 0.235. The Morgan fingerprint density at radius 1 is 1.08 bits per heavy atom. The van der Waals surface area contributed by atoms with Crippen LogP contribution in [0.25, 0.3) is 0 Å². The van der Waals surface area contributed by atoms with Crippen molar-refractivity contribution in [1.82, 2.24) is 20.2 Å². The molecule has 1 atom stereocenters. The zero-order valence-electron chi connectivity index (χ0n) is 14.3. The number of hydrogen-bond acceptors (Lipinski definition) is 6. The van der Waals surface area contributed by atoms with Crippen molar-refractivity contribution >= 4 is 0 Å². The van der Waals surface area contributed by atoms with Crippen LogP contribution >= 0.6 is 0 Å². The van der Waals surface area contributed by atoms with Crippen LogP contribution in [0.5, 0.6) is 23.3 Å². The number of rotatable bonds is 3. The van der Waals surface area contributed by atoms with Crippen LogP contribution in [0.4, 0.5) is 0 Å². The van der Waals surface area contributed by atoms with Crippen LogP contribution in [0.1, 0.15) is 28.3 Å². The van der Waals surface area contributed by atoms with Crippen molar-refractivity contribution in [3.8, 4) is 23.3 Å². The van der Waals surface area contributed by atoms with Crippen molar-refractivity contribution in [3.63, 3.8) is 0 Å². The summed E-state index contributed by atoms with van der Waals surface area (Å²) in [5.41, 5.74) is 1.40. The zero-order valence-corrected chi connectivity index (χ0v) is 14.3. The Morgan fingerprint density at radius 2 is 1.85 bits per heavy atom. The first-order valence-electron chi connectivity index (χ1n) is 7.84. The van der Waals surface area contributed by atoms with Crippen molar-refractivity contribution in [3.05, 3.63) is 61.4 Å². The van der Waals surface area contributed by atoms with Crippen LogP contribution < -0.4 is 25.5 Å². The lowest BCUT2D eigenvalue weighted by Gasteiger charge is -2.25. The van der Waals surface area contributed by atoms with Crippen LogP contribution in [0.15, 0.2) is 27.8 Å². The highest BCUT2D eigenvalue weighted by Crippen LogP contribution is 2.46. The van der Waals surface area contributed by atoms with Gasteiger partial charge in [0.25, 0.3) is 5.56 Å². The summed E-state index contributed by atoms with van der Waals surface area (Å²) in [5.74, 6) is 1.01. The summed E-state index contributed by atoms with van der Waals surface area (Å²) in [5, 5.41) is 6.99. The first kappa shape index (κ1) is 16.0. The van der Waals surface area contributed by atoms with Gasteiger partial charge in [-0.05, 0) is 24.6 Å². The molecule has 134 valence electrons. The first-order chi connectivity index (χ1) is 12.5. The molecule has 9 nitrogen and oxygen atoms in total. The Bertz CT molecular complexity index is 1110. The molecule has 2 aromatic heterocycles. The van der Waals surface area contributed by atoms with Crippen molar-refractivity contribution in [2.75, 3.05) is 14.2 Å². The Labute approximate surface area is 146 Å². The molecule has 9 heteroatoms. The van der Waals surface area contributed by atoms with Gasteiger partial charge < -0.3 is 14.2 Å². The van der Waals surface area contributed by atoms with Gasteiger partial charge in [-0.15, -0.1) is 5.10 Å². The van der Waals surface area contributed by atoms with Crippen molar-refractivity contribution in [2.45, 2.75) is 12.8 Å². The standard InChI is InChI=1S/C17H16N4O5/c1-7-11-12(8-4-5-9(24-2)10(6-8)25-3)13-14(22)18-17(23)19-15(13)26-16(11)21-20-7/h4-6,12H,1-3H3,(H,20,21)(H2,18,19,22,23). The highest BCUT2D eigenvalue weighted by atomic mass is 16.5. The van der Waals surface area contributed by atoms with E-state index >= 15 is 0 Å². The number of hydrogen-bond donors (Lipinski definition) is 3. The third kappa shape index (κ3) is 2.28. The minimum atomic E-state index is -0.643. The number of benzene rings is 1. The smallest absolute Gasteiger partial charge is 0.328 e. The third-order valence-corrected chi connectivity index (χ3v) is 4.42. The van der Waals surface area contributed by atoms with E-state index in [1.54, 1.807) is 26.4 Å². The molecular formula is C17H16N4O5. The third-order valence-electron chi connectivity index (χ3n) is 4.42. The summed E-state index contributed by atoms with van der Waals surface area (Å²) >= 11 is 0. The molecule has 0 aliphatic carbocycles. The van der Waals surface area contributed by atoms with E-state index in [0.717, 1.165) is 16.8 Å². The minimum Gasteiger partial charge on any atom is -0.493 e. The molecule has 0 radical (unpaired) electrons. The zero-order chi connectivity index (χ0) is 18.4. The van der Waals surface area contributed by atoms with Gasteiger partial charge in [0.05, 0.1) is 25.7 Å². The molecule has 0 amide bonds. The van der Waals surface area contributed by atoms with Gasteiger partial charge in [-0.2, -0.15) is 0 Å². The molecule has 0 spiro atoms. The minimum absolute atomic E-state index is 0.0811. The molecule has 4 rings (SSSR count). The lowest BCUT2D eigenvalue weighted by molar-refractivity contribution is 0.354. The molecule has 1 unspecified atom stereocenters. The van der Waals surface area contributed by atoms with Gasteiger partial charge in [0.2, 0.25) is 11.8 Å². The average molecular weight is 356 g/mol. The second-order valence-corrected chi connectivity index (χ2v) is 5.87. The molecule has 0 fully saturated rings. The summed E-state index contributed by atoms with van der Waals surface area (Å²) in [4.78, 5) is 29.0. The Hall–Kier alpha value is -3.49. The highest BCUT2D eigenvalue weighted by molar-refractivity contribution is 5.57. The fourth-order valence-corrected chi connectivity index (χ4v) is 3.26. The number of methoxy groups -OCH3 is 2. The normalized spacial score (nSPS) is 15.0. The molecule has 1 aliphatic rings. The quantitative estimate of drug-likeness (QED) is 0.510. The monoisotopic (exact) mass is 356 g/mol. The average Bonchev–Trinajstić information content (AvgIpc) is 2.99. The van der Waals surface area contributed by atoms with Crippen LogP contribution in [0.2, 0.25) is 0 Å². The number of H-pyrrole nitrogens is 3. The summed E-state index contributed by atoms with van der Waals surface area (Å²) in [7, 11) is 3.09. The van der Waals surface area contributed by atoms with E-state index in [-0.39, 0.29) is 5.88 Å². The first-order valence-corrected chi connectivity index (χ1v) is 7.84. The summed E-state index contributed by atoms with van der Waals surface area (Å²) in [6.45, 7) is 1.84. The Morgan fingerprint density at radius 3 is 2.58 bits per heavy atom. The SMILES string of the molecule is COc1ccc(C2c3c(n[nH]c3C)Oc3[nH]c(=O)[nH]c(=O)c32)cc1OC. The molecule has 3 N–H and O–H groups in total. The lowest BCUT2D eigenvalue weighted by atomic mass is 9.84. The molecule has 0 saturated heterocycles. The maximum Gasteiger partial charge on any atom is 0.328 e. The Balaban J connectivity index is 2.01. The van der Waals surface area contributed by atoms with Gasteiger partial charge in [0.15, 0.2) is 11.5 Å². The van der Waals surface area contributed by atoms with Gasteiger partial charge in [0, 0.05) is 11.3 Å². The van der Waals surface area contributed by atoms with Crippen molar-refractivity contribution in [1.29, 1.82) is 0 Å². The van der Waals surface area contributed by atoms with Crippen molar-refractivity contribution in [2.24, 2.45) is 0 Å². The Kier molecular flexibility index (Phi) is 3.57. The number of aryl methyl sites for hydroxylation is 1. The van der Waals surface area contributed by atoms with E-state index in [0.29, 0.717) is 22.9 Å². The molecular weight excluding hydrogens is 340 g/mol. The maximum absolute atomic E-state index is 12.5. The topological polar surface area (TPSA) is 122 Å². The van der Waals surface area contributed by atoms with E-state index in [4.69, 9.17) is 14.2 Å². The number of nitrogens with zero attached hydrogens (tertiary/aromatic N) is 1. The maximum atomic E-state index is 12.5. The molecule has 3 aromatic rings. The molecule has 1 aliphatic heterocycles. The van der Waals surface area contributed by atoms with E-state index in [1.165, 1.54) is 0 Å². The molecule has 3 heterocycles. The van der Waals surface area contributed by atoms with Gasteiger partial charge in [-0.3, -0.25) is 19.9 Å². The van der Waals surface area contributed by atoms with Gasteiger partial charge in [0.1, 0.15) is 0 Å². The molecule has 0 saturated carbocycles. The fourth-order valence-electron chi connectivity index (χ4n) is 3.26. The van der Waals surface area contributed by atoms with E-state index in [1.807, 2.05) is 13.0 Å². The van der Waals surface area contributed by atoms with Crippen LogP contribution in [0.3, 0.4) is 0 Å². The molecule has 1 aromatic carbocycles.